The van der Waals surface area contributed by atoms with E-state index in [1.165, 1.54) is 16.7 Å². The lowest BCUT2D eigenvalue weighted by Crippen LogP contribution is -2.44. The topological polar surface area (TPSA) is 110 Å². The maximum absolute atomic E-state index is 12.2. The summed E-state index contributed by atoms with van der Waals surface area (Å²) in [7, 11) is 0. The van der Waals surface area contributed by atoms with Crippen LogP contribution in [0.4, 0.5) is 0 Å². The molecule has 0 aliphatic carbocycles. The Bertz CT molecular complexity index is 1070. The van der Waals surface area contributed by atoms with Crippen molar-refractivity contribution in [3.8, 4) is 0 Å². The minimum absolute atomic E-state index is 0.228. The van der Waals surface area contributed by atoms with E-state index >= 15 is 0 Å². The molecule has 8 nitrogen and oxygen atoms in total. The van der Waals surface area contributed by atoms with Crippen LogP contribution in [-0.4, -0.2) is 39.0 Å². The molecule has 2 heterocycles. The SMILES string of the molecule is O=C(NC(CO)C(=O)OCc1cc(=O)n2cc(Cl)ccc2n1)c1ccccc1. The molecule has 0 aliphatic heterocycles. The van der Waals surface area contributed by atoms with Gasteiger partial charge in [0.25, 0.3) is 11.5 Å². The van der Waals surface area contributed by atoms with E-state index < -0.39 is 24.5 Å². The molecule has 0 radical (unpaired) electrons. The van der Waals surface area contributed by atoms with Crippen LogP contribution < -0.4 is 10.9 Å². The predicted molar refractivity (Wildman–Crippen MR) is 101 cm³/mol. The van der Waals surface area contributed by atoms with Crippen LogP contribution in [0, 0.1) is 0 Å². The molecule has 0 bridgehead atoms. The first-order chi connectivity index (χ1) is 13.5. The van der Waals surface area contributed by atoms with E-state index in [-0.39, 0.29) is 17.9 Å². The quantitative estimate of drug-likeness (QED) is 0.600. The van der Waals surface area contributed by atoms with Crippen LogP contribution in [0.5, 0.6) is 0 Å². The molecule has 0 aliphatic rings. The Balaban J connectivity index is 1.67. The van der Waals surface area contributed by atoms with Gasteiger partial charge < -0.3 is 15.2 Å². The van der Waals surface area contributed by atoms with Gasteiger partial charge in [-0.2, -0.15) is 0 Å². The van der Waals surface area contributed by atoms with Gasteiger partial charge >= 0.3 is 5.97 Å². The summed E-state index contributed by atoms with van der Waals surface area (Å²) in [6.07, 6.45) is 1.43. The van der Waals surface area contributed by atoms with Crippen LogP contribution in [0.25, 0.3) is 5.65 Å². The lowest BCUT2D eigenvalue weighted by molar-refractivity contribution is -0.148. The van der Waals surface area contributed by atoms with Crippen LogP contribution in [0.2, 0.25) is 5.02 Å². The lowest BCUT2D eigenvalue weighted by Gasteiger charge is -2.15. The molecule has 9 heteroatoms. The van der Waals surface area contributed by atoms with Crippen LogP contribution in [-0.2, 0) is 16.1 Å². The zero-order valence-corrected chi connectivity index (χ0v) is 15.3. The van der Waals surface area contributed by atoms with E-state index in [0.717, 1.165) is 0 Å². The van der Waals surface area contributed by atoms with Crippen molar-refractivity contribution < 1.29 is 19.4 Å². The number of halogens is 1. The fraction of sp³-hybridized carbons (Fsp3) is 0.158. The molecule has 1 unspecified atom stereocenters. The second-order valence-electron chi connectivity index (χ2n) is 5.84. The Morgan fingerprint density at radius 2 is 1.96 bits per heavy atom. The molecule has 3 rings (SSSR count). The highest BCUT2D eigenvalue weighted by atomic mass is 35.5. The number of rotatable bonds is 6. The number of benzene rings is 1. The number of hydrogen-bond donors (Lipinski definition) is 2. The number of carbonyl (C=O) groups is 2. The first-order valence-electron chi connectivity index (χ1n) is 8.29. The molecule has 144 valence electrons. The second kappa shape index (κ2) is 8.64. The van der Waals surface area contributed by atoms with E-state index in [0.29, 0.717) is 16.2 Å². The van der Waals surface area contributed by atoms with Crippen LogP contribution in [0.1, 0.15) is 16.1 Å². The van der Waals surface area contributed by atoms with Gasteiger partial charge in [-0.3, -0.25) is 14.0 Å². The summed E-state index contributed by atoms with van der Waals surface area (Å²) in [4.78, 5) is 40.6. The number of aromatic nitrogens is 2. The smallest absolute Gasteiger partial charge is 0.331 e. The van der Waals surface area contributed by atoms with Gasteiger partial charge in [0, 0.05) is 17.8 Å². The minimum atomic E-state index is -1.24. The Morgan fingerprint density at radius 3 is 2.68 bits per heavy atom. The molecule has 2 aromatic heterocycles. The fourth-order valence-corrected chi connectivity index (χ4v) is 2.62. The van der Waals surface area contributed by atoms with Crippen molar-refractivity contribution in [1.29, 1.82) is 0 Å². The third-order valence-corrected chi connectivity index (χ3v) is 4.07. The number of aliphatic hydroxyl groups excluding tert-OH is 1. The van der Waals surface area contributed by atoms with Crippen molar-refractivity contribution in [3.05, 3.63) is 81.4 Å². The summed E-state index contributed by atoms with van der Waals surface area (Å²) < 4.78 is 6.36. The van der Waals surface area contributed by atoms with Gasteiger partial charge in [-0.25, -0.2) is 9.78 Å². The van der Waals surface area contributed by atoms with Gasteiger partial charge in [-0.15, -0.1) is 0 Å². The number of carbonyl (C=O) groups excluding carboxylic acids is 2. The molecule has 0 spiro atoms. The van der Waals surface area contributed by atoms with Crippen LogP contribution in [0.3, 0.4) is 0 Å². The number of esters is 1. The Morgan fingerprint density at radius 1 is 1.21 bits per heavy atom. The first-order valence-corrected chi connectivity index (χ1v) is 8.67. The summed E-state index contributed by atoms with van der Waals surface area (Å²) in [5.74, 6) is -1.36. The molecule has 1 atom stereocenters. The average Bonchev–Trinajstić information content (AvgIpc) is 2.71. The molecule has 0 saturated heterocycles. The fourth-order valence-electron chi connectivity index (χ4n) is 2.46. The number of ether oxygens (including phenoxy) is 1. The third kappa shape index (κ3) is 4.54. The highest BCUT2D eigenvalue weighted by molar-refractivity contribution is 6.30. The number of nitrogens with zero attached hydrogens (tertiary/aromatic N) is 2. The summed E-state index contributed by atoms with van der Waals surface area (Å²) in [6.45, 7) is -0.922. The van der Waals surface area contributed by atoms with Gasteiger partial charge in [0.15, 0.2) is 6.04 Å². The van der Waals surface area contributed by atoms with E-state index in [1.54, 1.807) is 42.5 Å². The highest BCUT2D eigenvalue weighted by Crippen LogP contribution is 2.09. The van der Waals surface area contributed by atoms with Crippen molar-refractivity contribution >= 4 is 29.1 Å². The normalized spacial score (nSPS) is 11.8. The molecule has 1 aromatic carbocycles. The highest BCUT2D eigenvalue weighted by Gasteiger charge is 2.22. The second-order valence-corrected chi connectivity index (χ2v) is 6.28. The van der Waals surface area contributed by atoms with Crippen molar-refractivity contribution in [1.82, 2.24) is 14.7 Å². The largest absolute Gasteiger partial charge is 0.458 e. The van der Waals surface area contributed by atoms with Crippen molar-refractivity contribution in [2.75, 3.05) is 6.61 Å². The van der Waals surface area contributed by atoms with Gasteiger partial charge in [0.05, 0.1) is 17.3 Å². The maximum atomic E-state index is 12.2. The monoisotopic (exact) mass is 401 g/mol. The first kappa shape index (κ1) is 19.5. The summed E-state index contributed by atoms with van der Waals surface area (Å²) >= 11 is 5.85. The van der Waals surface area contributed by atoms with Crippen LogP contribution >= 0.6 is 11.6 Å². The van der Waals surface area contributed by atoms with Crippen molar-refractivity contribution in [3.63, 3.8) is 0 Å². The molecule has 0 saturated carbocycles. The Kier molecular flexibility index (Phi) is 6.03. The van der Waals surface area contributed by atoms with Gasteiger partial charge in [0.1, 0.15) is 12.3 Å². The summed E-state index contributed by atoms with van der Waals surface area (Å²) in [5.41, 5.74) is 0.539. The third-order valence-electron chi connectivity index (χ3n) is 3.85. The van der Waals surface area contributed by atoms with Gasteiger partial charge in [-0.1, -0.05) is 29.8 Å². The summed E-state index contributed by atoms with van der Waals surface area (Å²) in [5, 5.41) is 12.2. The van der Waals surface area contributed by atoms with Gasteiger partial charge in [-0.05, 0) is 24.3 Å². The molecule has 1 amide bonds. The summed E-state index contributed by atoms with van der Waals surface area (Å²) in [6, 6.07) is 11.4. The zero-order valence-electron chi connectivity index (χ0n) is 14.5. The molecular formula is C19H16ClN3O5. The molecule has 0 fully saturated rings. The number of fused-ring (bicyclic) bond motifs is 1. The van der Waals surface area contributed by atoms with E-state index in [4.69, 9.17) is 16.3 Å². The number of hydrogen-bond acceptors (Lipinski definition) is 6. The van der Waals surface area contributed by atoms with E-state index in [1.807, 2.05) is 0 Å². The standard InChI is InChI=1S/C19H16ClN3O5/c20-13-6-7-16-21-14(8-17(25)23(16)9-13)11-28-19(27)15(10-24)22-18(26)12-4-2-1-3-5-12/h1-9,15,24H,10-11H2,(H,22,26). The zero-order chi connectivity index (χ0) is 20.1. The number of aliphatic hydroxyl groups is 1. The Hall–Kier alpha value is -3.23. The number of pyridine rings is 1. The maximum Gasteiger partial charge on any atom is 0.331 e. The molecule has 28 heavy (non-hydrogen) atoms. The lowest BCUT2D eigenvalue weighted by atomic mass is 10.2. The van der Waals surface area contributed by atoms with Crippen molar-refractivity contribution in [2.24, 2.45) is 0 Å². The number of nitrogens with one attached hydrogen (secondary N) is 1. The predicted octanol–water partition coefficient (Wildman–Crippen LogP) is 1.18. The molecular weight excluding hydrogens is 386 g/mol. The van der Waals surface area contributed by atoms with E-state index in [9.17, 15) is 19.5 Å². The average molecular weight is 402 g/mol. The number of amides is 1. The van der Waals surface area contributed by atoms with Crippen LogP contribution in [0.15, 0.2) is 59.5 Å². The minimum Gasteiger partial charge on any atom is -0.458 e. The molecule has 2 N–H and O–H groups in total. The Labute approximate surface area is 164 Å². The van der Waals surface area contributed by atoms with Gasteiger partial charge in [0.2, 0.25) is 0 Å². The van der Waals surface area contributed by atoms with Crippen molar-refractivity contribution in [2.45, 2.75) is 12.6 Å². The van der Waals surface area contributed by atoms with E-state index in [2.05, 4.69) is 10.3 Å². The molecule has 3 aromatic rings.